The minimum Gasteiger partial charge on any atom is -0.479 e. The van der Waals surface area contributed by atoms with Gasteiger partial charge in [0.1, 0.15) is 0 Å². The molecule has 3 nitrogen and oxygen atoms in total. The van der Waals surface area contributed by atoms with Crippen LogP contribution in [0.4, 0.5) is 0 Å². The highest BCUT2D eigenvalue weighted by Crippen LogP contribution is 2.20. The third kappa shape index (κ3) is 1.93. The molecule has 0 aliphatic carbocycles. The summed E-state index contributed by atoms with van der Waals surface area (Å²) in [6.45, 7) is 5.78. The molecule has 0 heterocycles. The van der Waals surface area contributed by atoms with Crippen molar-refractivity contribution in [2.24, 2.45) is 0 Å². The monoisotopic (exact) mass is 194 g/mol. The van der Waals surface area contributed by atoms with E-state index in [0.717, 1.165) is 16.7 Å². The number of aliphatic hydroxyl groups is 1. The number of carboxylic acids is 1. The van der Waals surface area contributed by atoms with Crippen LogP contribution in [0.5, 0.6) is 0 Å². The summed E-state index contributed by atoms with van der Waals surface area (Å²) in [5.41, 5.74) is 3.57. The Morgan fingerprint density at radius 2 is 1.64 bits per heavy atom. The van der Waals surface area contributed by atoms with Crippen molar-refractivity contribution in [2.45, 2.75) is 26.9 Å². The molecule has 0 saturated heterocycles. The number of hydrogen-bond acceptors (Lipinski definition) is 2. The van der Waals surface area contributed by atoms with E-state index < -0.39 is 12.1 Å². The van der Waals surface area contributed by atoms with Crippen molar-refractivity contribution in [2.75, 3.05) is 0 Å². The van der Waals surface area contributed by atoms with Crippen LogP contribution in [0, 0.1) is 20.8 Å². The van der Waals surface area contributed by atoms with Crippen molar-refractivity contribution in [3.05, 3.63) is 34.4 Å². The normalized spacial score (nSPS) is 12.6. The van der Waals surface area contributed by atoms with E-state index >= 15 is 0 Å². The maximum absolute atomic E-state index is 10.6. The summed E-state index contributed by atoms with van der Waals surface area (Å²) in [5.74, 6) is -1.22. The topological polar surface area (TPSA) is 57.5 Å². The van der Waals surface area contributed by atoms with Crippen molar-refractivity contribution >= 4 is 5.97 Å². The van der Waals surface area contributed by atoms with Crippen LogP contribution in [-0.4, -0.2) is 16.2 Å². The first-order valence-electron chi connectivity index (χ1n) is 4.42. The van der Waals surface area contributed by atoms with Gasteiger partial charge < -0.3 is 10.2 Å². The van der Waals surface area contributed by atoms with Crippen LogP contribution < -0.4 is 0 Å². The molecule has 0 aliphatic heterocycles. The molecule has 1 aromatic carbocycles. The fraction of sp³-hybridized carbons (Fsp3) is 0.364. The Bertz CT molecular complexity index is 346. The lowest BCUT2D eigenvalue weighted by Gasteiger charge is -2.11. The Kier molecular flexibility index (Phi) is 2.91. The zero-order valence-corrected chi connectivity index (χ0v) is 8.53. The Hall–Kier alpha value is -1.35. The summed E-state index contributed by atoms with van der Waals surface area (Å²) >= 11 is 0. The number of aliphatic hydroxyl groups excluding tert-OH is 1. The van der Waals surface area contributed by atoms with Gasteiger partial charge in [-0.2, -0.15) is 0 Å². The van der Waals surface area contributed by atoms with Crippen molar-refractivity contribution in [1.82, 2.24) is 0 Å². The fourth-order valence-electron chi connectivity index (χ4n) is 1.37. The van der Waals surface area contributed by atoms with E-state index in [9.17, 15) is 9.90 Å². The van der Waals surface area contributed by atoms with Gasteiger partial charge in [0.05, 0.1) is 0 Å². The van der Waals surface area contributed by atoms with Crippen LogP contribution in [0.25, 0.3) is 0 Å². The van der Waals surface area contributed by atoms with Gasteiger partial charge in [-0.3, -0.25) is 0 Å². The molecule has 0 spiro atoms. The molecule has 0 bridgehead atoms. The van der Waals surface area contributed by atoms with Gasteiger partial charge >= 0.3 is 5.97 Å². The first kappa shape index (κ1) is 10.7. The molecule has 14 heavy (non-hydrogen) atoms. The molecule has 1 rings (SSSR count). The van der Waals surface area contributed by atoms with Gasteiger partial charge in [-0.05, 0) is 43.0 Å². The fourth-order valence-corrected chi connectivity index (χ4v) is 1.37. The molecule has 0 fully saturated rings. The van der Waals surface area contributed by atoms with Crippen LogP contribution in [-0.2, 0) is 4.79 Å². The number of aliphatic carboxylic acids is 1. The quantitative estimate of drug-likeness (QED) is 0.753. The largest absolute Gasteiger partial charge is 0.479 e. The number of carboxylic acid groups (broad SMARTS) is 1. The van der Waals surface area contributed by atoms with Gasteiger partial charge in [-0.1, -0.05) is 12.1 Å². The van der Waals surface area contributed by atoms with E-state index in [0.29, 0.717) is 5.56 Å². The predicted molar refractivity (Wildman–Crippen MR) is 53.2 cm³/mol. The highest BCUT2D eigenvalue weighted by Gasteiger charge is 2.16. The van der Waals surface area contributed by atoms with Crippen LogP contribution in [0.15, 0.2) is 12.1 Å². The van der Waals surface area contributed by atoms with Crippen LogP contribution in [0.2, 0.25) is 0 Å². The van der Waals surface area contributed by atoms with Crippen molar-refractivity contribution < 1.29 is 15.0 Å². The standard InChI is InChI=1S/C11H14O3/c1-6-4-9(10(12)11(13)14)5-7(2)8(6)3/h4-5,10,12H,1-3H3,(H,13,14)/t10-/m1/s1. The molecular formula is C11H14O3. The lowest BCUT2D eigenvalue weighted by atomic mass is 9.98. The lowest BCUT2D eigenvalue weighted by molar-refractivity contribution is -0.146. The van der Waals surface area contributed by atoms with E-state index in [1.807, 2.05) is 20.8 Å². The zero-order chi connectivity index (χ0) is 10.9. The summed E-state index contributed by atoms with van der Waals surface area (Å²) in [6, 6.07) is 3.42. The maximum Gasteiger partial charge on any atom is 0.337 e. The van der Waals surface area contributed by atoms with Gasteiger partial charge in [-0.25, -0.2) is 4.79 Å². The summed E-state index contributed by atoms with van der Waals surface area (Å²) in [7, 11) is 0. The molecular weight excluding hydrogens is 180 g/mol. The summed E-state index contributed by atoms with van der Waals surface area (Å²) in [6.07, 6.45) is -1.42. The second-order valence-corrected chi connectivity index (χ2v) is 3.52. The van der Waals surface area contributed by atoms with Crippen LogP contribution >= 0.6 is 0 Å². The average molecular weight is 194 g/mol. The molecule has 76 valence electrons. The lowest BCUT2D eigenvalue weighted by Crippen LogP contribution is -2.11. The number of rotatable bonds is 2. The van der Waals surface area contributed by atoms with Crippen LogP contribution in [0.3, 0.4) is 0 Å². The van der Waals surface area contributed by atoms with Crippen molar-refractivity contribution in [3.63, 3.8) is 0 Å². The van der Waals surface area contributed by atoms with E-state index in [-0.39, 0.29) is 0 Å². The zero-order valence-electron chi connectivity index (χ0n) is 8.53. The third-order valence-electron chi connectivity index (χ3n) is 2.50. The summed E-state index contributed by atoms with van der Waals surface area (Å²) < 4.78 is 0. The SMILES string of the molecule is Cc1cc([C@@H](O)C(=O)O)cc(C)c1C. The second-order valence-electron chi connectivity index (χ2n) is 3.52. The highest BCUT2D eigenvalue weighted by molar-refractivity contribution is 5.74. The number of carbonyl (C=O) groups is 1. The average Bonchev–Trinajstić information content (AvgIpc) is 2.12. The van der Waals surface area contributed by atoms with E-state index in [4.69, 9.17) is 5.11 Å². The van der Waals surface area contributed by atoms with E-state index in [1.54, 1.807) is 12.1 Å². The predicted octanol–water partition coefficient (Wildman–Crippen LogP) is 1.73. The van der Waals surface area contributed by atoms with Crippen molar-refractivity contribution in [3.8, 4) is 0 Å². The molecule has 0 unspecified atom stereocenters. The Labute approximate surface area is 83.0 Å². The Balaban J connectivity index is 3.19. The van der Waals surface area contributed by atoms with Gasteiger partial charge in [0.2, 0.25) is 0 Å². The second kappa shape index (κ2) is 3.80. The summed E-state index contributed by atoms with van der Waals surface area (Å²) in [4.78, 5) is 10.6. The van der Waals surface area contributed by atoms with Gasteiger partial charge in [0.15, 0.2) is 6.10 Å². The molecule has 0 amide bonds. The van der Waals surface area contributed by atoms with Gasteiger partial charge in [0, 0.05) is 0 Å². The van der Waals surface area contributed by atoms with Gasteiger partial charge in [0.25, 0.3) is 0 Å². The molecule has 1 aromatic rings. The maximum atomic E-state index is 10.6. The minimum atomic E-state index is -1.42. The first-order valence-corrected chi connectivity index (χ1v) is 4.42. The molecule has 3 heteroatoms. The van der Waals surface area contributed by atoms with E-state index in [1.165, 1.54) is 0 Å². The first-order chi connectivity index (χ1) is 6.43. The minimum absolute atomic E-state index is 0.443. The molecule has 0 aromatic heterocycles. The Morgan fingerprint density at radius 3 is 2.00 bits per heavy atom. The van der Waals surface area contributed by atoms with Crippen LogP contribution in [0.1, 0.15) is 28.4 Å². The third-order valence-corrected chi connectivity index (χ3v) is 2.50. The number of aryl methyl sites for hydroxylation is 2. The number of hydrogen-bond donors (Lipinski definition) is 2. The molecule has 0 radical (unpaired) electrons. The molecule has 1 atom stereocenters. The highest BCUT2D eigenvalue weighted by atomic mass is 16.4. The summed E-state index contributed by atoms with van der Waals surface area (Å²) in [5, 5.41) is 18.0. The number of benzene rings is 1. The molecule has 0 aliphatic rings. The Morgan fingerprint density at radius 1 is 1.21 bits per heavy atom. The van der Waals surface area contributed by atoms with Crippen molar-refractivity contribution in [1.29, 1.82) is 0 Å². The smallest absolute Gasteiger partial charge is 0.337 e. The molecule has 2 N–H and O–H groups in total. The van der Waals surface area contributed by atoms with E-state index in [2.05, 4.69) is 0 Å². The molecule has 0 saturated carbocycles. The van der Waals surface area contributed by atoms with Gasteiger partial charge in [-0.15, -0.1) is 0 Å².